The van der Waals surface area contributed by atoms with Crippen LogP contribution in [0.15, 0.2) is 48.5 Å². The van der Waals surface area contributed by atoms with E-state index in [-0.39, 0.29) is 0 Å². The van der Waals surface area contributed by atoms with Crippen LogP contribution in [-0.2, 0) is 0 Å². The fourth-order valence-corrected chi connectivity index (χ4v) is 10.7. The first-order chi connectivity index (χ1) is 15.3. The molecule has 4 rings (SSSR count). The van der Waals surface area contributed by atoms with Gasteiger partial charge in [0.05, 0.1) is 16.7 Å². The van der Waals surface area contributed by atoms with Gasteiger partial charge in [-0.15, -0.1) is 5.54 Å². The minimum Gasteiger partial charge on any atom is -0.382 e. The number of nitrogens with zero attached hydrogens (tertiary/aromatic N) is 2. The average molecular weight is 444 g/mol. The lowest BCUT2D eigenvalue weighted by atomic mass is 9.93. The molecular formula is C28H37N3Si. The van der Waals surface area contributed by atoms with E-state index in [1.807, 2.05) is 0 Å². The van der Waals surface area contributed by atoms with Gasteiger partial charge in [0, 0.05) is 11.7 Å². The first-order valence-corrected chi connectivity index (χ1v) is 14.4. The van der Waals surface area contributed by atoms with E-state index in [4.69, 9.17) is 4.98 Å². The summed E-state index contributed by atoms with van der Waals surface area (Å²) in [6.07, 6.45) is 3.86. The van der Waals surface area contributed by atoms with Gasteiger partial charge in [-0.3, -0.25) is 4.57 Å². The zero-order valence-electron chi connectivity index (χ0n) is 20.4. The third-order valence-corrected chi connectivity index (χ3v) is 13.7. The predicted molar refractivity (Wildman–Crippen MR) is 140 cm³/mol. The van der Waals surface area contributed by atoms with Crippen LogP contribution in [0.5, 0.6) is 0 Å². The summed E-state index contributed by atoms with van der Waals surface area (Å²) >= 11 is 0. The molecule has 1 aliphatic rings. The minimum absolute atomic E-state index is 0.600. The Kier molecular flexibility index (Phi) is 6.49. The average Bonchev–Trinajstić information content (AvgIpc) is 3.09. The van der Waals surface area contributed by atoms with Gasteiger partial charge in [0.2, 0.25) is 0 Å². The van der Waals surface area contributed by atoms with Crippen molar-refractivity contribution >= 4 is 24.8 Å². The Hall–Kier alpha value is -2.51. The highest BCUT2D eigenvalue weighted by molar-refractivity contribution is 6.90. The Morgan fingerprint density at radius 2 is 1.62 bits per heavy atom. The van der Waals surface area contributed by atoms with E-state index >= 15 is 0 Å². The standard InChI is InChI=1S/C28H37N3Si/c1-20(2)32(21(3)4,22(5)6)18-17-28-30-26-15-7-8-16-27(26)31(28)25-14-10-13-24(19-25)29-23-11-9-12-23/h7-8,10,13-16,19-23,29H,9,11-12H2,1-6H3. The molecule has 0 saturated heterocycles. The number of imidazole rings is 1. The second-order valence-electron chi connectivity index (χ2n) is 10.2. The van der Waals surface area contributed by atoms with Gasteiger partial charge in [0.15, 0.2) is 5.82 Å². The van der Waals surface area contributed by atoms with Crippen molar-refractivity contribution in [3.8, 4) is 17.2 Å². The van der Waals surface area contributed by atoms with Crippen LogP contribution in [-0.4, -0.2) is 23.7 Å². The molecule has 0 bridgehead atoms. The number of para-hydroxylation sites is 2. The summed E-state index contributed by atoms with van der Waals surface area (Å²) < 4.78 is 2.24. The summed E-state index contributed by atoms with van der Waals surface area (Å²) in [5.41, 5.74) is 10.1. The smallest absolute Gasteiger partial charge is 0.190 e. The maximum Gasteiger partial charge on any atom is 0.190 e. The molecule has 0 spiro atoms. The van der Waals surface area contributed by atoms with Crippen molar-refractivity contribution in [1.82, 2.24) is 9.55 Å². The first-order valence-electron chi connectivity index (χ1n) is 12.2. The summed E-state index contributed by atoms with van der Waals surface area (Å²) in [7, 11) is -1.84. The monoisotopic (exact) mass is 443 g/mol. The molecule has 1 aliphatic carbocycles. The number of nitrogens with one attached hydrogen (secondary N) is 1. The predicted octanol–water partition coefficient (Wildman–Crippen LogP) is 7.56. The summed E-state index contributed by atoms with van der Waals surface area (Å²) in [6, 6.07) is 17.7. The normalized spacial score (nSPS) is 14.7. The van der Waals surface area contributed by atoms with Crippen LogP contribution in [0.2, 0.25) is 16.6 Å². The molecular weight excluding hydrogens is 406 g/mol. The number of hydrogen-bond acceptors (Lipinski definition) is 2. The molecule has 1 fully saturated rings. The summed E-state index contributed by atoms with van der Waals surface area (Å²) in [4.78, 5) is 4.98. The zero-order chi connectivity index (χ0) is 22.9. The van der Waals surface area contributed by atoms with Gasteiger partial charge in [0.25, 0.3) is 0 Å². The SMILES string of the molecule is CC(C)[Si](C#Cc1nc2ccccc2n1-c1cccc(NC2CCC2)c1)(C(C)C)C(C)C. The molecule has 1 saturated carbocycles. The molecule has 0 radical (unpaired) electrons. The lowest BCUT2D eigenvalue weighted by molar-refractivity contribution is 0.445. The van der Waals surface area contributed by atoms with Crippen molar-refractivity contribution in [3.63, 3.8) is 0 Å². The molecule has 0 atom stereocenters. The van der Waals surface area contributed by atoms with Crippen molar-refractivity contribution in [2.75, 3.05) is 5.32 Å². The molecule has 0 amide bonds. The Labute approximate surface area is 194 Å². The Morgan fingerprint density at radius 1 is 0.938 bits per heavy atom. The van der Waals surface area contributed by atoms with Gasteiger partial charge in [-0.05, 0) is 72.1 Å². The number of aromatic nitrogens is 2. The van der Waals surface area contributed by atoms with Crippen molar-refractivity contribution in [2.24, 2.45) is 0 Å². The molecule has 32 heavy (non-hydrogen) atoms. The lowest BCUT2D eigenvalue weighted by Crippen LogP contribution is -2.43. The van der Waals surface area contributed by atoms with Gasteiger partial charge in [-0.2, -0.15) is 0 Å². The van der Waals surface area contributed by atoms with Crippen molar-refractivity contribution < 1.29 is 0 Å². The van der Waals surface area contributed by atoms with Gasteiger partial charge in [-0.25, -0.2) is 4.98 Å². The van der Waals surface area contributed by atoms with E-state index in [1.165, 1.54) is 24.9 Å². The summed E-state index contributed by atoms with van der Waals surface area (Å²) in [5.74, 6) is 4.46. The quantitative estimate of drug-likeness (QED) is 0.315. The molecule has 3 aromatic rings. The van der Waals surface area contributed by atoms with Crippen molar-refractivity contribution in [2.45, 2.75) is 83.5 Å². The highest BCUT2D eigenvalue weighted by Gasteiger charge is 2.41. The number of fused-ring (bicyclic) bond motifs is 1. The van der Waals surface area contributed by atoms with E-state index in [2.05, 4.69) is 111 Å². The second-order valence-corrected chi connectivity index (χ2v) is 15.8. The van der Waals surface area contributed by atoms with Crippen LogP contribution in [0.25, 0.3) is 16.7 Å². The van der Waals surface area contributed by atoms with Crippen LogP contribution >= 0.6 is 0 Å². The van der Waals surface area contributed by atoms with Crippen LogP contribution in [0, 0.1) is 11.5 Å². The van der Waals surface area contributed by atoms with Gasteiger partial charge in [-0.1, -0.05) is 59.7 Å². The highest BCUT2D eigenvalue weighted by atomic mass is 28.3. The fraction of sp³-hybridized carbons (Fsp3) is 0.464. The van der Waals surface area contributed by atoms with E-state index in [9.17, 15) is 0 Å². The van der Waals surface area contributed by atoms with E-state index < -0.39 is 8.07 Å². The van der Waals surface area contributed by atoms with E-state index in [0.717, 1.165) is 22.5 Å². The second kappa shape index (κ2) is 9.15. The molecule has 4 heteroatoms. The topological polar surface area (TPSA) is 29.9 Å². The van der Waals surface area contributed by atoms with Crippen molar-refractivity contribution in [3.05, 3.63) is 54.4 Å². The van der Waals surface area contributed by atoms with Crippen LogP contribution in [0.4, 0.5) is 5.69 Å². The Bertz CT molecular complexity index is 1120. The van der Waals surface area contributed by atoms with Crippen LogP contribution in [0.1, 0.15) is 66.6 Å². The largest absolute Gasteiger partial charge is 0.382 e. The Morgan fingerprint density at radius 3 is 2.25 bits per heavy atom. The fourth-order valence-electron chi connectivity index (χ4n) is 5.49. The van der Waals surface area contributed by atoms with Crippen molar-refractivity contribution in [1.29, 1.82) is 0 Å². The molecule has 2 aromatic carbocycles. The number of benzene rings is 2. The highest BCUT2D eigenvalue weighted by Crippen LogP contribution is 2.41. The maximum absolute atomic E-state index is 4.98. The summed E-state index contributed by atoms with van der Waals surface area (Å²) in [5, 5.41) is 3.69. The maximum atomic E-state index is 4.98. The van der Waals surface area contributed by atoms with Gasteiger partial charge < -0.3 is 5.32 Å². The minimum atomic E-state index is -1.84. The molecule has 1 N–H and O–H groups in total. The van der Waals surface area contributed by atoms with Gasteiger partial charge >= 0.3 is 0 Å². The molecule has 0 unspecified atom stereocenters. The molecule has 0 aliphatic heterocycles. The number of hydrogen-bond donors (Lipinski definition) is 1. The van der Waals surface area contributed by atoms with Crippen LogP contribution in [0.3, 0.4) is 0 Å². The lowest BCUT2D eigenvalue weighted by Gasteiger charge is -2.38. The third-order valence-electron chi connectivity index (χ3n) is 7.40. The number of rotatable bonds is 6. The molecule has 168 valence electrons. The number of anilines is 1. The summed E-state index contributed by atoms with van der Waals surface area (Å²) in [6.45, 7) is 14.2. The van der Waals surface area contributed by atoms with E-state index in [0.29, 0.717) is 22.7 Å². The Balaban J connectivity index is 1.84. The molecule has 1 heterocycles. The first kappa shape index (κ1) is 22.7. The zero-order valence-corrected chi connectivity index (χ0v) is 21.4. The van der Waals surface area contributed by atoms with E-state index in [1.54, 1.807) is 0 Å². The molecule has 1 aromatic heterocycles. The third kappa shape index (κ3) is 4.11. The van der Waals surface area contributed by atoms with Gasteiger partial charge in [0.1, 0.15) is 8.07 Å². The van der Waals surface area contributed by atoms with Crippen LogP contribution < -0.4 is 5.32 Å². The molecule has 3 nitrogen and oxygen atoms in total.